The lowest BCUT2D eigenvalue weighted by atomic mass is 9.77. The fourth-order valence-corrected chi connectivity index (χ4v) is 2.59. The maximum Gasteiger partial charge on any atom is 0.0694 e. The molecule has 0 aromatic carbocycles. The number of ether oxygens (including phenoxy) is 1. The van der Waals surface area contributed by atoms with Gasteiger partial charge in [0, 0.05) is 6.61 Å². The average Bonchev–Trinajstić information content (AvgIpc) is 3.02. The molecule has 0 heterocycles. The molecule has 0 radical (unpaired) electrons. The highest BCUT2D eigenvalue weighted by Gasteiger charge is 2.37. The summed E-state index contributed by atoms with van der Waals surface area (Å²) in [5, 5.41) is 3.54. The van der Waals surface area contributed by atoms with Crippen LogP contribution in [-0.2, 0) is 4.74 Å². The maximum atomic E-state index is 6.18. The molecule has 0 aromatic heterocycles. The quantitative estimate of drug-likeness (QED) is 0.623. The molecule has 1 N–H and O–H groups in total. The van der Waals surface area contributed by atoms with Crippen LogP contribution in [0, 0.1) is 11.8 Å². The Morgan fingerprint density at radius 1 is 1.29 bits per heavy atom. The molecule has 0 saturated heterocycles. The van der Waals surface area contributed by atoms with Crippen molar-refractivity contribution in [1.82, 2.24) is 5.32 Å². The Labute approximate surface area is 107 Å². The van der Waals surface area contributed by atoms with Crippen LogP contribution in [0.4, 0.5) is 0 Å². The first-order chi connectivity index (χ1) is 8.20. The van der Waals surface area contributed by atoms with Crippen LogP contribution in [0.5, 0.6) is 0 Å². The number of nitrogens with one attached hydrogen (secondary N) is 1. The summed E-state index contributed by atoms with van der Waals surface area (Å²) in [7, 11) is 0. The van der Waals surface area contributed by atoms with Crippen LogP contribution in [0.2, 0.25) is 0 Å². The van der Waals surface area contributed by atoms with Gasteiger partial charge in [-0.05, 0) is 57.0 Å². The lowest BCUT2D eigenvalue weighted by molar-refractivity contribution is -0.106. The third-order valence-electron chi connectivity index (χ3n) is 4.21. The van der Waals surface area contributed by atoms with Crippen LogP contribution in [-0.4, -0.2) is 25.3 Å². The third-order valence-corrected chi connectivity index (χ3v) is 4.21. The molecule has 0 atom stereocenters. The van der Waals surface area contributed by atoms with Crippen molar-refractivity contribution in [2.24, 2.45) is 11.8 Å². The molecular formula is C15H29NO. The van der Waals surface area contributed by atoms with Gasteiger partial charge in [0.1, 0.15) is 0 Å². The monoisotopic (exact) mass is 239 g/mol. The molecule has 0 spiro atoms. The van der Waals surface area contributed by atoms with Crippen molar-refractivity contribution in [3.05, 3.63) is 0 Å². The molecule has 0 amide bonds. The van der Waals surface area contributed by atoms with E-state index in [0.717, 1.165) is 31.5 Å². The van der Waals surface area contributed by atoms with Gasteiger partial charge in [0.15, 0.2) is 0 Å². The molecule has 2 saturated carbocycles. The van der Waals surface area contributed by atoms with Crippen molar-refractivity contribution in [2.45, 2.75) is 64.4 Å². The van der Waals surface area contributed by atoms with Gasteiger partial charge in [-0.3, -0.25) is 0 Å². The molecule has 2 heteroatoms. The van der Waals surface area contributed by atoms with Gasteiger partial charge < -0.3 is 10.1 Å². The minimum absolute atomic E-state index is 0.263. The summed E-state index contributed by atoms with van der Waals surface area (Å²) in [6, 6.07) is 0. The molecule has 2 fully saturated rings. The van der Waals surface area contributed by atoms with Gasteiger partial charge in [0.2, 0.25) is 0 Å². The zero-order valence-corrected chi connectivity index (χ0v) is 11.6. The first-order valence-electron chi connectivity index (χ1n) is 7.55. The highest BCUT2D eigenvalue weighted by molar-refractivity contribution is 4.90. The van der Waals surface area contributed by atoms with Crippen LogP contribution >= 0.6 is 0 Å². The molecule has 2 nitrogen and oxygen atoms in total. The van der Waals surface area contributed by atoms with E-state index in [0.29, 0.717) is 0 Å². The van der Waals surface area contributed by atoms with Crippen LogP contribution in [0.15, 0.2) is 0 Å². The van der Waals surface area contributed by atoms with Gasteiger partial charge in [0.05, 0.1) is 5.60 Å². The van der Waals surface area contributed by atoms with E-state index in [4.69, 9.17) is 4.74 Å². The first kappa shape index (κ1) is 13.4. The van der Waals surface area contributed by atoms with Gasteiger partial charge in [0.25, 0.3) is 0 Å². The second-order valence-electron chi connectivity index (χ2n) is 6.47. The molecule has 2 aliphatic carbocycles. The first-order valence-corrected chi connectivity index (χ1v) is 7.55. The summed E-state index contributed by atoms with van der Waals surface area (Å²) >= 11 is 0. The average molecular weight is 239 g/mol. The number of hydrogen-bond donors (Lipinski definition) is 1. The van der Waals surface area contributed by atoms with Gasteiger partial charge in [-0.15, -0.1) is 0 Å². The zero-order chi connectivity index (χ0) is 12.1. The van der Waals surface area contributed by atoms with Crippen LogP contribution in [0.1, 0.15) is 58.8 Å². The van der Waals surface area contributed by atoms with E-state index < -0.39 is 0 Å². The van der Waals surface area contributed by atoms with Crippen LogP contribution in [0.25, 0.3) is 0 Å². The van der Waals surface area contributed by atoms with Crippen molar-refractivity contribution >= 4 is 0 Å². The Kier molecular flexibility index (Phi) is 4.87. The molecule has 0 aliphatic heterocycles. The van der Waals surface area contributed by atoms with E-state index in [9.17, 15) is 0 Å². The lowest BCUT2D eigenvalue weighted by Crippen LogP contribution is -2.43. The predicted octanol–water partition coefficient (Wildman–Crippen LogP) is 3.36. The molecule has 0 aromatic rings. The van der Waals surface area contributed by atoms with E-state index in [-0.39, 0.29) is 5.60 Å². The number of hydrogen-bond acceptors (Lipinski definition) is 2. The smallest absolute Gasteiger partial charge is 0.0694 e. The van der Waals surface area contributed by atoms with E-state index >= 15 is 0 Å². The second kappa shape index (κ2) is 6.19. The minimum atomic E-state index is 0.263. The fraction of sp³-hybridized carbons (Fsp3) is 1.00. The van der Waals surface area contributed by atoms with E-state index in [1.807, 2.05) is 0 Å². The standard InChI is InChI=1S/C15H29NO/c1-13(2)12-16-10-9-15(7-3-8-15)17-11-6-14-4-5-14/h13-14,16H,3-12H2,1-2H3. The van der Waals surface area contributed by atoms with Crippen LogP contribution in [0.3, 0.4) is 0 Å². The normalized spacial score (nSPS) is 22.8. The second-order valence-corrected chi connectivity index (χ2v) is 6.47. The molecular weight excluding hydrogens is 210 g/mol. The Bertz CT molecular complexity index is 219. The zero-order valence-electron chi connectivity index (χ0n) is 11.6. The minimum Gasteiger partial charge on any atom is -0.375 e. The molecule has 0 bridgehead atoms. The third kappa shape index (κ3) is 4.59. The summed E-state index contributed by atoms with van der Waals surface area (Å²) in [5.41, 5.74) is 0.263. The van der Waals surface area contributed by atoms with Crippen molar-refractivity contribution in [1.29, 1.82) is 0 Å². The highest BCUT2D eigenvalue weighted by Crippen LogP contribution is 2.39. The number of rotatable bonds is 9. The molecule has 100 valence electrons. The van der Waals surface area contributed by atoms with E-state index in [2.05, 4.69) is 19.2 Å². The SMILES string of the molecule is CC(C)CNCCC1(OCCC2CC2)CCC1. The Morgan fingerprint density at radius 2 is 2.06 bits per heavy atom. The largest absolute Gasteiger partial charge is 0.375 e. The topological polar surface area (TPSA) is 21.3 Å². The van der Waals surface area contributed by atoms with Crippen molar-refractivity contribution in [3.63, 3.8) is 0 Å². The maximum absolute atomic E-state index is 6.18. The predicted molar refractivity (Wildman–Crippen MR) is 72.2 cm³/mol. The molecule has 17 heavy (non-hydrogen) atoms. The Hall–Kier alpha value is -0.0800. The van der Waals surface area contributed by atoms with E-state index in [1.165, 1.54) is 44.9 Å². The Balaban J connectivity index is 1.56. The molecule has 2 aliphatic rings. The van der Waals surface area contributed by atoms with Crippen LogP contribution < -0.4 is 5.32 Å². The van der Waals surface area contributed by atoms with Gasteiger partial charge in [-0.25, -0.2) is 0 Å². The van der Waals surface area contributed by atoms with Crippen molar-refractivity contribution in [2.75, 3.05) is 19.7 Å². The van der Waals surface area contributed by atoms with E-state index in [1.54, 1.807) is 0 Å². The summed E-state index contributed by atoms with van der Waals surface area (Å²) < 4.78 is 6.18. The molecule has 2 rings (SSSR count). The summed E-state index contributed by atoms with van der Waals surface area (Å²) in [5.74, 6) is 1.76. The van der Waals surface area contributed by atoms with Gasteiger partial charge in [-0.2, -0.15) is 0 Å². The fourth-order valence-electron chi connectivity index (χ4n) is 2.59. The van der Waals surface area contributed by atoms with Gasteiger partial charge in [-0.1, -0.05) is 26.7 Å². The Morgan fingerprint density at radius 3 is 2.59 bits per heavy atom. The summed E-state index contributed by atoms with van der Waals surface area (Å²) in [4.78, 5) is 0. The highest BCUT2D eigenvalue weighted by atomic mass is 16.5. The van der Waals surface area contributed by atoms with Crippen molar-refractivity contribution in [3.8, 4) is 0 Å². The lowest BCUT2D eigenvalue weighted by Gasteiger charge is -2.42. The van der Waals surface area contributed by atoms with Crippen molar-refractivity contribution < 1.29 is 4.74 Å². The van der Waals surface area contributed by atoms with Gasteiger partial charge >= 0.3 is 0 Å². The summed E-state index contributed by atoms with van der Waals surface area (Å²) in [6.45, 7) is 7.80. The summed E-state index contributed by atoms with van der Waals surface area (Å²) in [6.07, 6.45) is 9.37. The molecule has 0 unspecified atom stereocenters.